The third-order valence-electron chi connectivity index (χ3n) is 3.53. The van der Waals surface area contributed by atoms with Gasteiger partial charge in [-0.15, -0.1) is 0 Å². The van der Waals surface area contributed by atoms with Gasteiger partial charge in [-0.05, 0) is 18.9 Å². The van der Waals surface area contributed by atoms with Gasteiger partial charge in [-0.3, -0.25) is 14.7 Å². The van der Waals surface area contributed by atoms with Crippen molar-refractivity contribution in [2.45, 2.75) is 44.1 Å². The van der Waals surface area contributed by atoms with Crippen molar-refractivity contribution in [1.29, 1.82) is 0 Å². The molecule has 4 N–H and O–H groups in total. The fraction of sp³-hybridized carbons (Fsp3) is 0.583. The van der Waals surface area contributed by atoms with Crippen molar-refractivity contribution in [2.75, 3.05) is 0 Å². The first kappa shape index (κ1) is 12.6. The molecule has 1 saturated carbocycles. The van der Waals surface area contributed by atoms with E-state index in [1.165, 1.54) is 6.20 Å². The van der Waals surface area contributed by atoms with E-state index in [1.807, 2.05) is 0 Å². The van der Waals surface area contributed by atoms with Crippen LogP contribution in [0.3, 0.4) is 0 Å². The van der Waals surface area contributed by atoms with E-state index in [4.69, 9.17) is 5.73 Å². The molecular weight excluding hydrogens is 232 g/mol. The maximum Gasteiger partial charge on any atom is 0.270 e. The summed E-state index contributed by atoms with van der Waals surface area (Å²) in [6.07, 6.45) is 6.70. The molecule has 0 spiro atoms. The van der Waals surface area contributed by atoms with Gasteiger partial charge in [0, 0.05) is 6.20 Å². The number of carbonyl (C=O) groups excluding carboxylic acids is 2. The largest absolute Gasteiger partial charge is 0.368 e. The van der Waals surface area contributed by atoms with Crippen LogP contribution in [0.4, 0.5) is 0 Å². The Hall–Kier alpha value is -1.85. The molecule has 2 rings (SSSR count). The Bertz CT molecular complexity index is 419. The highest BCUT2D eigenvalue weighted by Crippen LogP contribution is 2.27. The van der Waals surface area contributed by atoms with Crippen molar-refractivity contribution in [1.82, 2.24) is 15.5 Å². The van der Waals surface area contributed by atoms with Crippen molar-refractivity contribution in [2.24, 2.45) is 5.73 Å². The van der Waals surface area contributed by atoms with Crippen LogP contribution in [0, 0.1) is 0 Å². The summed E-state index contributed by atoms with van der Waals surface area (Å²) in [6, 6.07) is 1.57. The van der Waals surface area contributed by atoms with E-state index in [0.717, 1.165) is 25.7 Å². The Morgan fingerprint density at radius 2 is 1.94 bits per heavy atom. The van der Waals surface area contributed by atoms with Gasteiger partial charge in [0.05, 0.1) is 0 Å². The lowest BCUT2D eigenvalue weighted by molar-refractivity contribution is -0.124. The Kier molecular flexibility index (Phi) is 3.64. The maximum absolute atomic E-state index is 12.0. The predicted octanol–water partition coefficient (Wildman–Crippen LogP) is 0.718. The number of primary amides is 1. The van der Waals surface area contributed by atoms with Crippen LogP contribution in [0.5, 0.6) is 0 Å². The second-order valence-corrected chi connectivity index (χ2v) is 4.79. The number of nitrogens with one attached hydrogen (secondary N) is 2. The van der Waals surface area contributed by atoms with Gasteiger partial charge in [0.25, 0.3) is 5.91 Å². The van der Waals surface area contributed by atoms with E-state index >= 15 is 0 Å². The molecule has 0 aliphatic heterocycles. The van der Waals surface area contributed by atoms with Gasteiger partial charge < -0.3 is 11.1 Å². The number of amides is 2. The molecule has 0 bridgehead atoms. The van der Waals surface area contributed by atoms with Crippen LogP contribution in [-0.4, -0.2) is 27.6 Å². The van der Waals surface area contributed by atoms with Gasteiger partial charge in [0.15, 0.2) is 0 Å². The van der Waals surface area contributed by atoms with Gasteiger partial charge in [0.2, 0.25) is 5.91 Å². The minimum atomic E-state index is -0.904. The first-order valence-corrected chi connectivity index (χ1v) is 6.26. The Balaban J connectivity index is 2.15. The number of hydrogen-bond acceptors (Lipinski definition) is 3. The zero-order chi connectivity index (χ0) is 13.0. The molecule has 0 atom stereocenters. The third kappa shape index (κ3) is 2.52. The van der Waals surface area contributed by atoms with E-state index in [0.29, 0.717) is 18.5 Å². The Morgan fingerprint density at radius 1 is 1.28 bits per heavy atom. The highest BCUT2D eigenvalue weighted by molar-refractivity contribution is 5.97. The van der Waals surface area contributed by atoms with Crippen molar-refractivity contribution >= 4 is 11.8 Å². The average molecular weight is 250 g/mol. The summed E-state index contributed by atoms with van der Waals surface area (Å²) < 4.78 is 0. The molecule has 2 amide bonds. The van der Waals surface area contributed by atoms with Crippen molar-refractivity contribution < 1.29 is 9.59 Å². The van der Waals surface area contributed by atoms with Crippen LogP contribution >= 0.6 is 0 Å². The zero-order valence-electron chi connectivity index (χ0n) is 10.2. The van der Waals surface area contributed by atoms with Gasteiger partial charge >= 0.3 is 0 Å². The normalized spacial score (nSPS) is 18.9. The number of hydrogen-bond donors (Lipinski definition) is 3. The molecule has 1 aromatic heterocycles. The maximum atomic E-state index is 12.0. The van der Waals surface area contributed by atoms with Crippen molar-refractivity contribution in [3.63, 3.8) is 0 Å². The second-order valence-electron chi connectivity index (χ2n) is 4.79. The van der Waals surface area contributed by atoms with Crippen LogP contribution in [0.2, 0.25) is 0 Å². The quantitative estimate of drug-likeness (QED) is 0.689. The van der Waals surface area contributed by atoms with Crippen molar-refractivity contribution in [3.8, 4) is 0 Å². The monoisotopic (exact) mass is 250 g/mol. The van der Waals surface area contributed by atoms with E-state index in [2.05, 4.69) is 15.5 Å². The summed E-state index contributed by atoms with van der Waals surface area (Å²) >= 11 is 0. The first-order chi connectivity index (χ1) is 8.64. The number of aromatic nitrogens is 2. The standard InChI is InChI=1S/C12H18N4O2/c13-11(18)12(6-3-1-2-4-7-12)15-10(17)9-5-8-14-16-9/h5,8H,1-4,6-7H2,(H2,13,18)(H,14,16)(H,15,17). The lowest BCUT2D eigenvalue weighted by Crippen LogP contribution is -2.57. The third-order valence-corrected chi connectivity index (χ3v) is 3.53. The lowest BCUT2D eigenvalue weighted by Gasteiger charge is -2.30. The molecule has 98 valence electrons. The fourth-order valence-electron chi connectivity index (χ4n) is 2.43. The number of nitrogens with two attached hydrogens (primary N) is 1. The number of rotatable bonds is 3. The molecule has 1 aliphatic rings. The first-order valence-electron chi connectivity index (χ1n) is 6.26. The molecule has 0 saturated heterocycles. The Labute approximate surface area is 105 Å². The molecular formula is C12H18N4O2. The number of carbonyl (C=O) groups is 2. The van der Waals surface area contributed by atoms with Crippen LogP contribution in [-0.2, 0) is 4.79 Å². The van der Waals surface area contributed by atoms with Crippen molar-refractivity contribution in [3.05, 3.63) is 18.0 Å². The van der Waals surface area contributed by atoms with E-state index in [1.54, 1.807) is 6.07 Å². The minimum absolute atomic E-state index is 0.326. The summed E-state index contributed by atoms with van der Waals surface area (Å²) in [5.41, 5.74) is 4.94. The smallest absolute Gasteiger partial charge is 0.270 e. The highest BCUT2D eigenvalue weighted by Gasteiger charge is 2.38. The molecule has 0 aromatic carbocycles. The van der Waals surface area contributed by atoms with Gasteiger partial charge in [-0.1, -0.05) is 25.7 Å². The lowest BCUT2D eigenvalue weighted by atomic mass is 9.89. The van der Waals surface area contributed by atoms with E-state index < -0.39 is 11.4 Å². The fourth-order valence-corrected chi connectivity index (χ4v) is 2.43. The predicted molar refractivity (Wildman–Crippen MR) is 65.7 cm³/mol. The van der Waals surface area contributed by atoms with Crippen LogP contribution in [0.15, 0.2) is 12.3 Å². The van der Waals surface area contributed by atoms with E-state index in [9.17, 15) is 9.59 Å². The zero-order valence-corrected chi connectivity index (χ0v) is 10.2. The molecule has 1 aromatic rings. The van der Waals surface area contributed by atoms with Gasteiger partial charge in [-0.2, -0.15) is 5.10 Å². The minimum Gasteiger partial charge on any atom is -0.368 e. The summed E-state index contributed by atoms with van der Waals surface area (Å²) in [7, 11) is 0. The summed E-state index contributed by atoms with van der Waals surface area (Å²) in [5, 5.41) is 9.09. The SMILES string of the molecule is NC(=O)C1(NC(=O)c2ccn[nH]2)CCCCCC1. The van der Waals surface area contributed by atoms with Crippen LogP contribution in [0.1, 0.15) is 49.0 Å². The molecule has 1 fully saturated rings. The molecule has 1 heterocycles. The molecule has 1 aliphatic carbocycles. The highest BCUT2D eigenvalue weighted by atomic mass is 16.2. The topological polar surface area (TPSA) is 101 Å². The summed E-state index contributed by atoms with van der Waals surface area (Å²) in [6.45, 7) is 0. The average Bonchev–Trinajstić information content (AvgIpc) is 2.77. The molecule has 6 heteroatoms. The Morgan fingerprint density at radius 3 is 2.44 bits per heavy atom. The number of H-pyrrole nitrogens is 1. The van der Waals surface area contributed by atoms with Crippen LogP contribution < -0.4 is 11.1 Å². The summed E-state index contributed by atoms with van der Waals surface area (Å²) in [5.74, 6) is -0.773. The molecule has 0 radical (unpaired) electrons. The molecule has 0 unspecified atom stereocenters. The van der Waals surface area contributed by atoms with Gasteiger partial charge in [-0.25, -0.2) is 0 Å². The summed E-state index contributed by atoms with van der Waals surface area (Å²) in [4.78, 5) is 23.7. The second kappa shape index (κ2) is 5.20. The number of nitrogens with zero attached hydrogens (tertiary/aromatic N) is 1. The molecule has 6 nitrogen and oxygen atoms in total. The molecule has 18 heavy (non-hydrogen) atoms. The number of aromatic amines is 1. The van der Waals surface area contributed by atoms with Gasteiger partial charge in [0.1, 0.15) is 11.2 Å². The van der Waals surface area contributed by atoms with Crippen LogP contribution in [0.25, 0.3) is 0 Å². The van der Waals surface area contributed by atoms with E-state index in [-0.39, 0.29) is 5.91 Å².